The van der Waals surface area contributed by atoms with Crippen LogP contribution >= 0.6 is 15.9 Å². The van der Waals surface area contributed by atoms with Crippen molar-refractivity contribution in [2.24, 2.45) is 5.73 Å². The van der Waals surface area contributed by atoms with Crippen molar-refractivity contribution in [1.82, 2.24) is 9.97 Å². The summed E-state index contributed by atoms with van der Waals surface area (Å²) in [5.74, 6) is 0.577. The van der Waals surface area contributed by atoms with Crippen LogP contribution in [0.15, 0.2) is 22.8 Å². The van der Waals surface area contributed by atoms with Crippen molar-refractivity contribution in [3.05, 3.63) is 34.4 Å². The highest BCUT2D eigenvalue weighted by atomic mass is 79.9. The predicted molar refractivity (Wildman–Crippen MR) is 71.0 cm³/mol. The van der Waals surface area contributed by atoms with Crippen molar-refractivity contribution >= 4 is 15.9 Å². The molecule has 0 unspecified atom stereocenters. The van der Waals surface area contributed by atoms with Crippen molar-refractivity contribution in [2.45, 2.75) is 6.42 Å². The Labute approximate surface area is 112 Å². The van der Waals surface area contributed by atoms with Gasteiger partial charge in [-0.3, -0.25) is 0 Å². The molecule has 0 aliphatic carbocycles. The third-order valence-electron chi connectivity index (χ3n) is 2.52. The molecule has 0 radical (unpaired) electrons. The average Bonchev–Trinajstić information content (AvgIpc) is 2.71. The highest BCUT2D eigenvalue weighted by Gasteiger charge is 2.12. The minimum Gasteiger partial charge on any atom is -0.494 e. The second-order valence-electron chi connectivity index (χ2n) is 3.73. The summed E-state index contributed by atoms with van der Waals surface area (Å²) in [5, 5.41) is 0. The lowest BCUT2D eigenvalue weighted by atomic mass is 10.1. The highest BCUT2D eigenvalue weighted by Crippen LogP contribution is 2.29. The summed E-state index contributed by atoms with van der Waals surface area (Å²) in [6.07, 6.45) is 0.650. The molecule has 0 aliphatic rings. The maximum atomic E-state index is 13.6. The molecule has 2 rings (SSSR count). The summed E-state index contributed by atoms with van der Waals surface area (Å²) < 4.78 is 19.2. The van der Waals surface area contributed by atoms with Gasteiger partial charge < -0.3 is 15.5 Å². The summed E-state index contributed by atoms with van der Waals surface area (Å²) in [6.45, 7) is 0.510. The Morgan fingerprint density at radius 1 is 1.50 bits per heavy atom. The third-order valence-corrected chi connectivity index (χ3v) is 3.09. The Bertz CT molecular complexity index is 556. The van der Waals surface area contributed by atoms with Gasteiger partial charge in [0.1, 0.15) is 16.1 Å². The number of imidazole rings is 1. The van der Waals surface area contributed by atoms with Gasteiger partial charge in [-0.1, -0.05) is 0 Å². The summed E-state index contributed by atoms with van der Waals surface area (Å²) in [6, 6.07) is 4.73. The maximum absolute atomic E-state index is 13.6. The molecule has 0 bridgehead atoms. The van der Waals surface area contributed by atoms with Crippen LogP contribution < -0.4 is 10.5 Å². The number of rotatable bonds is 4. The van der Waals surface area contributed by atoms with Gasteiger partial charge in [0.05, 0.1) is 7.11 Å². The number of benzene rings is 1. The molecule has 6 heteroatoms. The van der Waals surface area contributed by atoms with Crippen LogP contribution in [0.25, 0.3) is 11.3 Å². The van der Waals surface area contributed by atoms with Gasteiger partial charge in [0.15, 0.2) is 11.6 Å². The van der Waals surface area contributed by atoms with Crippen molar-refractivity contribution < 1.29 is 9.13 Å². The second kappa shape index (κ2) is 5.49. The Hall–Kier alpha value is -1.40. The molecule has 0 aliphatic heterocycles. The van der Waals surface area contributed by atoms with Crippen LogP contribution in [0.3, 0.4) is 0 Å². The number of aromatic amines is 1. The zero-order chi connectivity index (χ0) is 13.1. The Morgan fingerprint density at radius 3 is 2.89 bits per heavy atom. The summed E-state index contributed by atoms with van der Waals surface area (Å²) in [7, 11) is 1.43. The van der Waals surface area contributed by atoms with Gasteiger partial charge in [-0.15, -0.1) is 0 Å². The van der Waals surface area contributed by atoms with Crippen molar-refractivity contribution in [3.8, 4) is 17.0 Å². The van der Waals surface area contributed by atoms with Gasteiger partial charge >= 0.3 is 0 Å². The predicted octanol–water partition coefficient (Wildman–Crippen LogP) is 2.49. The molecule has 0 atom stereocenters. The Kier molecular flexibility index (Phi) is 3.98. The van der Waals surface area contributed by atoms with Crippen molar-refractivity contribution in [3.63, 3.8) is 0 Å². The molecule has 1 heterocycles. The minimum atomic E-state index is -0.412. The van der Waals surface area contributed by atoms with Crippen LogP contribution in [0.5, 0.6) is 5.75 Å². The molecule has 2 aromatic rings. The van der Waals surface area contributed by atoms with Crippen LogP contribution in [-0.4, -0.2) is 23.6 Å². The molecule has 0 amide bonds. The van der Waals surface area contributed by atoms with E-state index in [1.165, 1.54) is 13.2 Å². The molecule has 1 aromatic carbocycles. The van der Waals surface area contributed by atoms with E-state index in [-0.39, 0.29) is 5.75 Å². The first-order valence-electron chi connectivity index (χ1n) is 5.44. The normalized spacial score (nSPS) is 10.7. The fourth-order valence-corrected chi connectivity index (χ4v) is 2.20. The number of nitrogens with one attached hydrogen (secondary N) is 1. The third kappa shape index (κ3) is 2.54. The van der Waals surface area contributed by atoms with E-state index in [1.807, 2.05) is 0 Å². The van der Waals surface area contributed by atoms with E-state index in [0.717, 1.165) is 10.4 Å². The van der Waals surface area contributed by atoms with E-state index in [0.29, 0.717) is 24.2 Å². The van der Waals surface area contributed by atoms with E-state index >= 15 is 0 Å². The van der Waals surface area contributed by atoms with Gasteiger partial charge in [-0.2, -0.15) is 0 Å². The number of nitrogens with zero attached hydrogens (tertiary/aromatic N) is 1. The quantitative estimate of drug-likeness (QED) is 0.911. The first-order chi connectivity index (χ1) is 8.65. The van der Waals surface area contributed by atoms with E-state index < -0.39 is 5.82 Å². The SMILES string of the molecule is COc1ccc(-c2nc(CCN)[nH]c2Br)cc1F. The molecule has 1 aromatic heterocycles. The highest BCUT2D eigenvalue weighted by molar-refractivity contribution is 9.10. The fourth-order valence-electron chi connectivity index (χ4n) is 1.66. The Balaban J connectivity index is 2.39. The van der Waals surface area contributed by atoms with Crippen LogP contribution in [0.1, 0.15) is 5.82 Å². The number of nitrogens with two attached hydrogens (primary N) is 1. The fraction of sp³-hybridized carbons (Fsp3) is 0.250. The number of hydrogen-bond acceptors (Lipinski definition) is 3. The largest absolute Gasteiger partial charge is 0.494 e. The molecule has 0 saturated carbocycles. The Morgan fingerprint density at radius 2 is 2.28 bits per heavy atom. The van der Waals surface area contributed by atoms with Crippen LogP contribution in [0, 0.1) is 5.82 Å². The molecule has 3 N–H and O–H groups in total. The monoisotopic (exact) mass is 313 g/mol. The van der Waals surface area contributed by atoms with Crippen molar-refractivity contribution in [1.29, 1.82) is 0 Å². The zero-order valence-corrected chi connectivity index (χ0v) is 11.4. The molecule has 0 spiro atoms. The topological polar surface area (TPSA) is 63.9 Å². The van der Waals surface area contributed by atoms with Crippen LogP contribution in [-0.2, 0) is 6.42 Å². The number of halogens is 2. The van der Waals surface area contributed by atoms with E-state index in [9.17, 15) is 4.39 Å². The molecule has 0 fully saturated rings. The first-order valence-corrected chi connectivity index (χ1v) is 6.23. The average molecular weight is 314 g/mol. The van der Waals surface area contributed by atoms with Gasteiger partial charge in [0.25, 0.3) is 0 Å². The molecular weight excluding hydrogens is 301 g/mol. The van der Waals surface area contributed by atoms with E-state index in [2.05, 4.69) is 25.9 Å². The lowest BCUT2D eigenvalue weighted by Crippen LogP contribution is -2.03. The van der Waals surface area contributed by atoms with E-state index in [4.69, 9.17) is 10.5 Å². The number of hydrogen-bond donors (Lipinski definition) is 2. The number of ether oxygens (including phenoxy) is 1. The molecule has 96 valence electrons. The second-order valence-corrected chi connectivity index (χ2v) is 4.53. The summed E-state index contributed by atoms with van der Waals surface area (Å²) >= 11 is 3.37. The lowest BCUT2D eigenvalue weighted by molar-refractivity contribution is 0.386. The minimum absolute atomic E-state index is 0.215. The summed E-state index contributed by atoms with van der Waals surface area (Å²) in [5.41, 5.74) is 6.82. The summed E-state index contributed by atoms with van der Waals surface area (Å²) in [4.78, 5) is 7.44. The lowest BCUT2D eigenvalue weighted by Gasteiger charge is -2.03. The molecule has 18 heavy (non-hydrogen) atoms. The molecule has 4 nitrogen and oxygen atoms in total. The number of aromatic nitrogens is 2. The van der Waals surface area contributed by atoms with Gasteiger partial charge in [-0.05, 0) is 40.7 Å². The number of methoxy groups -OCH3 is 1. The van der Waals surface area contributed by atoms with Gasteiger partial charge in [0.2, 0.25) is 0 Å². The zero-order valence-electron chi connectivity index (χ0n) is 9.84. The van der Waals surface area contributed by atoms with Crippen molar-refractivity contribution in [2.75, 3.05) is 13.7 Å². The first kappa shape index (κ1) is 13.0. The van der Waals surface area contributed by atoms with Crippen LogP contribution in [0.4, 0.5) is 4.39 Å². The molecule has 0 saturated heterocycles. The molecular formula is C12H13BrFN3O. The maximum Gasteiger partial charge on any atom is 0.165 e. The van der Waals surface area contributed by atoms with E-state index in [1.54, 1.807) is 12.1 Å². The standard InChI is InChI=1S/C12H13BrFN3O/c1-18-9-3-2-7(6-8(9)14)11-12(13)17-10(16-11)4-5-15/h2-3,6H,4-5,15H2,1H3,(H,16,17). The smallest absolute Gasteiger partial charge is 0.165 e. The number of H-pyrrole nitrogens is 1. The van der Waals surface area contributed by atoms with Crippen LogP contribution in [0.2, 0.25) is 0 Å². The van der Waals surface area contributed by atoms with Gasteiger partial charge in [-0.25, -0.2) is 9.37 Å². The van der Waals surface area contributed by atoms with Gasteiger partial charge in [0, 0.05) is 12.0 Å².